The Balaban J connectivity index is 3.23. The molecule has 2 heteroatoms. The van der Waals surface area contributed by atoms with Gasteiger partial charge in [-0.15, -0.1) is 0 Å². The van der Waals surface area contributed by atoms with Crippen molar-refractivity contribution in [2.45, 2.75) is 20.8 Å². The number of allylic oxidation sites excluding steroid dienone is 5. The predicted molar refractivity (Wildman–Crippen MR) is 82.3 cm³/mol. The van der Waals surface area contributed by atoms with E-state index in [9.17, 15) is 0 Å². The van der Waals surface area contributed by atoms with Gasteiger partial charge in [0.05, 0.1) is 7.11 Å². The summed E-state index contributed by atoms with van der Waals surface area (Å²) < 4.78 is 5.37. The van der Waals surface area contributed by atoms with Crippen molar-refractivity contribution in [3.8, 4) is 0 Å². The molecule has 0 amide bonds. The average molecular weight is 255 g/mol. The minimum absolute atomic E-state index is 0.751. The molecule has 0 aliphatic heterocycles. The summed E-state index contributed by atoms with van der Waals surface area (Å²) in [5.41, 5.74) is 4.39. The highest BCUT2D eigenvalue weighted by molar-refractivity contribution is 5.79. The summed E-state index contributed by atoms with van der Waals surface area (Å²) in [5.74, 6) is 0.751. The van der Waals surface area contributed by atoms with Crippen molar-refractivity contribution in [2.24, 2.45) is 0 Å². The molecule has 0 aliphatic carbocycles. The third-order valence-corrected chi connectivity index (χ3v) is 2.74. The van der Waals surface area contributed by atoms with Gasteiger partial charge in [-0.3, -0.25) is 0 Å². The molecule has 0 radical (unpaired) electrons. The van der Waals surface area contributed by atoms with E-state index in [1.54, 1.807) is 7.11 Å². The molecule has 0 saturated carbocycles. The van der Waals surface area contributed by atoms with Crippen molar-refractivity contribution in [3.05, 3.63) is 65.0 Å². The summed E-state index contributed by atoms with van der Waals surface area (Å²) >= 11 is 0. The number of methoxy groups -OCH3 is 1. The Morgan fingerprint density at radius 3 is 2.16 bits per heavy atom. The largest absolute Gasteiger partial charge is 0.497 e. The first-order valence-electron chi connectivity index (χ1n) is 6.26. The molecule has 1 aromatic carbocycles. The van der Waals surface area contributed by atoms with Gasteiger partial charge in [0.2, 0.25) is 0 Å². The molecular formula is C17H21NO. The van der Waals surface area contributed by atoms with Crippen LogP contribution in [-0.4, -0.2) is 13.3 Å². The summed E-state index contributed by atoms with van der Waals surface area (Å²) in [6, 6.07) is 10.2. The first-order valence-corrected chi connectivity index (χ1v) is 6.26. The van der Waals surface area contributed by atoms with Crippen molar-refractivity contribution in [3.63, 3.8) is 0 Å². The maximum atomic E-state index is 7.22. The molecule has 0 bridgehead atoms. The second-order valence-corrected chi connectivity index (χ2v) is 4.56. The summed E-state index contributed by atoms with van der Waals surface area (Å²) in [6.45, 7) is 6.04. The number of benzene rings is 1. The third kappa shape index (κ3) is 4.59. The maximum absolute atomic E-state index is 7.22. The fourth-order valence-electron chi connectivity index (χ4n) is 1.70. The monoisotopic (exact) mass is 255 g/mol. The van der Waals surface area contributed by atoms with Crippen LogP contribution in [-0.2, 0) is 4.74 Å². The Hall–Kier alpha value is -2.09. The van der Waals surface area contributed by atoms with Gasteiger partial charge in [-0.05, 0) is 49.6 Å². The van der Waals surface area contributed by atoms with Crippen LogP contribution in [0.25, 0.3) is 5.57 Å². The summed E-state index contributed by atoms with van der Waals surface area (Å²) in [6.07, 6.45) is 5.19. The van der Waals surface area contributed by atoms with Crippen LogP contribution in [0.1, 0.15) is 26.3 Å². The van der Waals surface area contributed by atoms with E-state index < -0.39 is 0 Å². The van der Waals surface area contributed by atoms with E-state index in [1.807, 2.05) is 37.3 Å². The number of hydrogen-bond acceptors (Lipinski definition) is 2. The molecule has 0 unspecified atom stereocenters. The molecule has 2 nitrogen and oxygen atoms in total. The van der Waals surface area contributed by atoms with Crippen LogP contribution in [0.3, 0.4) is 0 Å². The highest BCUT2D eigenvalue weighted by Gasteiger charge is 2.02. The van der Waals surface area contributed by atoms with Gasteiger partial charge in [-0.1, -0.05) is 35.9 Å². The van der Waals surface area contributed by atoms with Crippen molar-refractivity contribution in [2.75, 3.05) is 7.11 Å². The topological polar surface area (TPSA) is 33.1 Å². The lowest BCUT2D eigenvalue weighted by molar-refractivity contribution is 0.307. The number of rotatable bonds is 5. The van der Waals surface area contributed by atoms with Gasteiger partial charge >= 0.3 is 0 Å². The Morgan fingerprint density at radius 1 is 1.05 bits per heavy atom. The minimum Gasteiger partial charge on any atom is -0.497 e. The molecule has 0 spiro atoms. The van der Waals surface area contributed by atoms with E-state index in [4.69, 9.17) is 10.1 Å². The number of ether oxygens (including phenoxy) is 1. The lowest BCUT2D eigenvalue weighted by atomic mass is 10.0. The summed E-state index contributed by atoms with van der Waals surface area (Å²) in [7, 11) is 1.65. The first kappa shape index (κ1) is 15.0. The Morgan fingerprint density at radius 2 is 1.68 bits per heavy atom. The van der Waals surface area contributed by atoms with Gasteiger partial charge in [-0.25, -0.2) is 0 Å². The van der Waals surface area contributed by atoms with E-state index >= 15 is 0 Å². The lowest BCUT2D eigenvalue weighted by Crippen LogP contribution is -1.90. The zero-order valence-electron chi connectivity index (χ0n) is 12.0. The Labute approximate surface area is 115 Å². The van der Waals surface area contributed by atoms with Gasteiger partial charge in [0.25, 0.3) is 0 Å². The standard InChI is InChI=1S/C17H21NO/c1-13(2)17(15-8-6-5-7-9-15)11-16(19-4)10-14(3)12-18/h5-12,18H,1-4H3/b14-10+,16-11+,18-12?. The third-order valence-electron chi connectivity index (χ3n) is 2.74. The SMILES string of the molecule is COC(/C=C(\C)C=N)=C/C(=C(C)C)c1ccccc1. The van der Waals surface area contributed by atoms with Crippen molar-refractivity contribution in [1.29, 1.82) is 5.41 Å². The zero-order chi connectivity index (χ0) is 14.3. The van der Waals surface area contributed by atoms with Gasteiger partial charge in [0.15, 0.2) is 0 Å². The Kier molecular flexibility index (Phi) is 5.80. The van der Waals surface area contributed by atoms with Gasteiger partial charge < -0.3 is 10.1 Å². The van der Waals surface area contributed by atoms with E-state index in [2.05, 4.69) is 26.0 Å². The average Bonchev–Trinajstić information content (AvgIpc) is 2.43. The Bertz CT molecular complexity index is 517. The number of hydrogen-bond donors (Lipinski definition) is 1. The molecule has 0 atom stereocenters. The van der Waals surface area contributed by atoms with Crippen LogP contribution >= 0.6 is 0 Å². The molecule has 0 fully saturated rings. The van der Waals surface area contributed by atoms with E-state index in [1.165, 1.54) is 11.8 Å². The van der Waals surface area contributed by atoms with Crippen LogP contribution in [0.5, 0.6) is 0 Å². The quantitative estimate of drug-likeness (QED) is 0.465. The molecule has 1 aromatic rings. The second-order valence-electron chi connectivity index (χ2n) is 4.56. The summed E-state index contributed by atoms with van der Waals surface area (Å²) in [5, 5.41) is 7.22. The van der Waals surface area contributed by atoms with Crippen LogP contribution in [0, 0.1) is 5.41 Å². The highest BCUT2D eigenvalue weighted by Crippen LogP contribution is 2.22. The zero-order valence-corrected chi connectivity index (χ0v) is 12.0. The minimum atomic E-state index is 0.751. The molecule has 1 N–H and O–H groups in total. The molecule has 1 rings (SSSR count). The van der Waals surface area contributed by atoms with E-state index in [-0.39, 0.29) is 0 Å². The molecule has 100 valence electrons. The second kappa shape index (κ2) is 7.37. The van der Waals surface area contributed by atoms with Crippen molar-refractivity contribution in [1.82, 2.24) is 0 Å². The molecule has 19 heavy (non-hydrogen) atoms. The van der Waals surface area contributed by atoms with Gasteiger partial charge in [0, 0.05) is 6.21 Å². The fraction of sp³-hybridized carbons (Fsp3) is 0.235. The number of nitrogens with one attached hydrogen (secondary N) is 1. The lowest BCUT2D eigenvalue weighted by Gasteiger charge is -2.08. The molecular weight excluding hydrogens is 234 g/mol. The van der Waals surface area contributed by atoms with E-state index in [0.29, 0.717) is 0 Å². The molecule has 0 heterocycles. The van der Waals surface area contributed by atoms with Crippen LogP contribution in [0.15, 0.2) is 59.4 Å². The smallest absolute Gasteiger partial charge is 0.119 e. The molecule has 0 saturated heterocycles. The van der Waals surface area contributed by atoms with Crippen molar-refractivity contribution < 1.29 is 4.74 Å². The molecule has 0 aromatic heterocycles. The normalized spacial score (nSPS) is 12.0. The fourth-order valence-corrected chi connectivity index (χ4v) is 1.70. The first-order chi connectivity index (χ1) is 9.08. The van der Waals surface area contributed by atoms with Crippen LogP contribution in [0.4, 0.5) is 0 Å². The van der Waals surface area contributed by atoms with Gasteiger partial charge in [-0.2, -0.15) is 0 Å². The van der Waals surface area contributed by atoms with Crippen LogP contribution < -0.4 is 0 Å². The summed E-state index contributed by atoms with van der Waals surface area (Å²) in [4.78, 5) is 0. The highest BCUT2D eigenvalue weighted by atomic mass is 16.5. The van der Waals surface area contributed by atoms with Crippen molar-refractivity contribution >= 4 is 11.8 Å². The van der Waals surface area contributed by atoms with Gasteiger partial charge in [0.1, 0.15) is 5.76 Å². The van der Waals surface area contributed by atoms with Crippen LogP contribution in [0.2, 0.25) is 0 Å². The van der Waals surface area contributed by atoms with E-state index in [0.717, 1.165) is 22.5 Å². The maximum Gasteiger partial charge on any atom is 0.119 e. The molecule has 0 aliphatic rings. The predicted octanol–water partition coefficient (Wildman–Crippen LogP) is 4.61.